The molecule has 2 amide bonds. The van der Waals surface area contributed by atoms with Gasteiger partial charge < -0.3 is 30.9 Å². The maximum absolute atomic E-state index is 13.7. The molecule has 1 aromatic heterocycles. The van der Waals surface area contributed by atoms with Crippen LogP contribution < -0.4 is 25.8 Å². The van der Waals surface area contributed by atoms with Crippen molar-refractivity contribution in [3.63, 3.8) is 0 Å². The van der Waals surface area contributed by atoms with Gasteiger partial charge >= 0.3 is 6.09 Å². The molecule has 3 rings (SSSR count). The summed E-state index contributed by atoms with van der Waals surface area (Å²) < 4.78 is 39.6. The Morgan fingerprint density at radius 3 is 2.43 bits per heavy atom. The number of rotatable bonds is 14. The fourth-order valence-electron chi connectivity index (χ4n) is 5.26. The molecule has 0 saturated heterocycles. The average molecular weight is 717 g/mol. The molecule has 6 N–H and O–H groups in total. The molecule has 13 nitrogen and oxygen atoms in total. The van der Waals surface area contributed by atoms with Gasteiger partial charge in [0.1, 0.15) is 28.5 Å². The van der Waals surface area contributed by atoms with Crippen molar-refractivity contribution in [1.29, 1.82) is 0 Å². The minimum atomic E-state index is -4.05. The van der Waals surface area contributed by atoms with E-state index in [1.807, 2.05) is 31.2 Å². The topological polar surface area (TPSA) is 194 Å². The van der Waals surface area contributed by atoms with Gasteiger partial charge in [0.25, 0.3) is 10.0 Å². The first-order chi connectivity index (χ1) is 22.9. The Balaban J connectivity index is 1.76. The van der Waals surface area contributed by atoms with E-state index in [1.54, 1.807) is 59.2 Å². The number of aliphatic hydroxyl groups excluding tert-OH is 1. The maximum atomic E-state index is 13.7. The van der Waals surface area contributed by atoms with Crippen LogP contribution in [-0.4, -0.2) is 67.8 Å². The number of guanidine groups is 1. The van der Waals surface area contributed by atoms with E-state index >= 15 is 0 Å². The zero-order valence-electron chi connectivity index (χ0n) is 29.3. The van der Waals surface area contributed by atoms with Gasteiger partial charge in [0.05, 0.1) is 18.0 Å². The maximum Gasteiger partial charge on any atom is 0.408 e. The molecule has 49 heavy (non-hydrogen) atoms. The van der Waals surface area contributed by atoms with Crippen molar-refractivity contribution in [2.45, 2.75) is 96.4 Å². The highest BCUT2D eigenvalue weighted by Gasteiger charge is 2.30. The van der Waals surface area contributed by atoms with Crippen molar-refractivity contribution in [2.24, 2.45) is 10.7 Å². The van der Waals surface area contributed by atoms with Gasteiger partial charge in [-0.05, 0) is 89.6 Å². The molecular weight excluding hydrogens is 669 g/mol. The van der Waals surface area contributed by atoms with E-state index in [0.29, 0.717) is 33.9 Å². The molecule has 0 saturated carbocycles. The normalized spacial score (nSPS) is 14.0. The van der Waals surface area contributed by atoms with Crippen molar-refractivity contribution in [1.82, 2.24) is 20.3 Å². The molecule has 15 heteroatoms. The first-order valence-corrected chi connectivity index (χ1v) is 18.2. The first-order valence-electron chi connectivity index (χ1n) is 15.8. The predicted octanol–water partition coefficient (Wildman–Crippen LogP) is 4.11. The molecular formula is C34H48N6O7S2. The number of amides is 2. The summed E-state index contributed by atoms with van der Waals surface area (Å²) in [5.41, 5.74) is 8.77. The molecule has 0 radical (unpaired) electrons. The van der Waals surface area contributed by atoms with E-state index in [1.165, 1.54) is 18.4 Å². The van der Waals surface area contributed by atoms with Crippen molar-refractivity contribution in [3.05, 3.63) is 74.7 Å². The van der Waals surface area contributed by atoms with Crippen LogP contribution in [0.25, 0.3) is 0 Å². The van der Waals surface area contributed by atoms with Crippen LogP contribution in [0, 0.1) is 27.7 Å². The van der Waals surface area contributed by atoms with Crippen LogP contribution in [0.3, 0.4) is 0 Å². The third-order valence-corrected chi connectivity index (χ3v) is 10.1. The van der Waals surface area contributed by atoms with Crippen LogP contribution in [0.2, 0.25) is 0 Å². The van der Waals surface area contributed by atoms with Gasteiger partial charge in [-0.1, -0.05) is 29.8 Å². The summed E-state index contributed by atoms with van der Waals surface area (Å²) in [6.07, 6.45) is 0.374. The van der Waals surface area contributed by atoms with Gasteiger partial charge in [-0.25, -0.2) is 22.9 Å². The summed E-state index contributed by atoms with van der Waals surface area (Å²) in [5, 5.41) is 18.9. The summed E-state index contributed by atoms with van der Waals surface area (Å²) >= 11 is 1.24. The molecule has 0 bridgehead atoms. The number of carbonyl (C=O) groups is 2. The molecule has 0 spiro atoms. The minimum Gasteiger partial charge on any atom is -0.496 e. The second kappa shape index (κ2) is 16.9. The number of alkyl carbamates (subject to hydrolysis) is 1. The molecule has 3 atom stereocenters. The van der Waals surface area contributed by atoms with Crippen molar-refractivity contribution >= 4 is 39.3 Å². The number of thiazole rings is 1. The van der Waals surface area contributed by atoms with Gasteiger partial charge in [-0.2, -0.15) is 0 Å². The highest BCUT2D eigenvalue weighted by Crippen LogP contribution is 2.30. The van der Waals surface area contributed by atoms with Crippen LogP contribution in [0.1, 0.15) is 72.5 Å². The van der Waals surface area contributed by atoms with E-state index in [4.69, 9.17) is 15.2 Å². The lowest BCUT2D eigenvalue weighted by molar-refractivity contribution is -0.124. The standard InChI is InChI=1S/C34H48N6O7S2/c1-20-11-9-12-24(17-20)19-26(39-33(43)47-34(5,6)7)30(42)38-25(28(41)31-36-15-16-48-31)13-10-14-37-32(35)40-49(44,45)29-21(2)18-27(46-8)22(3)23(29)4/h9,11-12,15-18,25-26,28,41H,10,13-14,19H2,1-8H3,(H,38,42)(H,39,43)(H3,35,37,40)/t25-,26-,28?/m0/s1. The van der Waals surface area contributed by atoms with Gasteiger partial charge in [0.15, 0.2) is 0 Å². The fourth-order valence-corrected chi connectivity index (χ4v) is 7.42. The number of nitrogens with one attached hydrogen (secondary N) is 3. The molecule has 3 aromatic rings. The Bertz CT molecular complexity index is 1740. The molecule has 268 valence electrons. The van der Waals surface area contributed by atoms with Crippen molar-refractivity contribution in [2.75, 3.05) is 13.7 Å². The number of hydrogen-bond donors (Lipinski definition) is 5. The first kappa shape index (κ1) is 39.2. The Hall–Kier alpha value is -4.21. The molecule has 0 aliphatic carbocycles. The third kappa shape index (κ3) is 11.4. The summed E-state index contributed by atoms with van der Waals surface area (Å²) in [7, 11) is -2.53. The smallest absolute Gasteiger partial charge is 0.408 e. The molecule has 1 heterocycles. The molecule has 0 aliphatic rings. The van der Waals surface area contributed by atoms with E-state index in [-0.39, 0.29) is 30.2 Å². The van der Waals surface area contributed by atoms with Crippen LogP contribution in [0.5, 0.6) is 5.75 Å². The number of nitrogens with two attached hydrogens (primary N) is 1. The van der Waals surface area contributed by atoms with E-state index < -0.39 is 45.8 Å². The second-order valence-corrected chi connectivity index (χ2v) is 15.4. The van der Waals surface area contributed by atoms with Gasteiger partial charge in [0, 0.05) is 24.5 Å². The highest BCUT2D eigenvalue weighted by molar-refractivity contribution is 7.90. The van der Waals surface area contributed by atoms with Gasteiger partial charge in [0.2, 0.25) is 11.9 Å². The summed E-state index contributed by atoms with van der Waals surface area (Å²) in [4.78, 5) is 35.0. The number of hydrogen-bond acceptors (Lipinski definition) is 10. The lowest BCUT2D eigenvalue weighted by Gasteiger charge is -2.27. The largest absolute Gasteiger partial charge is 0.496 e. The Labute approximate surface area is 292 Å². The van der Waals surface area contributed by atoms with Crippen LogP contribution in [0.4, 0.5) is 4.79 Å². The second-order valence-electron chi connectivity index (χ2n) is 12.8. The number of aliphatic imine (C=N–C) groups is 1. The average Bonchev–Trinajstić information content (AvgIpc) is 3.53. The Kier molecular flexibility index (Phi) is 13.6. The lowest BCUT2D eigenvalue weighted by atomic mass is 10.0. The lowest BCUT2D eigenvalue weighted by Crippen LogP contribution is -2.52. The molecule has 2 aromatic carbocycles. The summed E-state index contributed by atoms with van der Waals surface area (Å²) in [6.45, 7) is 12.4. The number of nitrogens with zero attached hydrogens (tertiary/aromatic N) is 2. The predicted molar refractivity (Wildman–Crippen MR) is 190 cm³/mol. The van der Waals surface area contributed by atoms with Crippen LogP contribution in [0.15, 0.2) is 51.8 Å². The number of ether oxygens (including phenoxy) is 2. The molecule has 0 aliphatic heterocycles. The molecule has 1 unspecified atom stereocenters. The number of aromatic nitrogens is 1. The monoisotopic (exact) mass is 716 g/mol. The zero-order chi connectivity index (χ0) is 36.5. The van der Waals surface area contributed by atoms with Gasteiger partial charge in [-0.15, -0.1) is 11.3 Å². The van der Waals surface area contributed by atoms with Crippen LogP contribution >= 0.6 is 11.3 Å². The SMILES string of the molecule is COc1cc(C)c(S(=O)(=O)NC(N)=NCCC[C@H](NC(=O)[C@H](Cc2cccc(C)c2)NC(=O)OC(C)(C)C)C(O)c2nccs2)c(C)c1C. The highest BCUT2D eigenvalue weighted by atomic mass is 32.2. The number of benzene rings is 2. The van der Waals surface area contributed by atoms with Crippen molar-refractivity contribution in [3.8, 4) is 5.75 Å². The van der Waals surface area contributed by atoms with E-state index in [9.17, 15) is 23.1 Å². The summed E-state index contributed by atoms with van der Waals surface area (Å²) in [6, 6.07) is 7.41. The zero-order valence-corrected chi connectivity index (χ0v) is 30.9. The number of aryl methyl sites for hydroxylation is 2. The van der Waals surface area contributed by atoms with E-state index in [2.05, 4.69) is 25.3 Å². The fraction of sp³-hybridized carbons (Fsp3) is 0.471. The van der Waals surface area contributed by atoms with E-state index in [0.717, 1.165) is 11.1 Å². The Morgan fingerprint density at radius 2 is 1.82 bits per heavy atom. The third-order valence-electron chi connectivity index (χ3n) is 7.60. The number of methoxy groups -OCH3 is 1. The molecule has 0 fully saturated rings. The van der Waals surface area contributed by atoms with Gasteiger partial charge in [-0.3, -0.25) is 9.79 Å². The number of sulfonamides is 1. The Morgan fingerprint density at radius 1 is 1.10 bits per heavy atom. The van der Waals surface area contributed by atoms with Crippen LogP contribution in [-0.2, 0) is 26.0 Å². The number of carbonyl (C=O) groups excluding carboxylic acids is 2. The minimum absolute atomic E-state index is 0.0911. The number of aliphatic hydroxyl groups is 1. The quantitative estimate of drug-likeness (QED) is 0.0927. The summed E-state index contributed by atoms with van der Waals surface area (Å²) in [5.74, 6) is -0.239. The van der Waals surface area contributed by atoms with Crippen molar-refractivity contribution < 1.29 is 32.6 Å².